The second-order valence-electron chi connectivity index (χ2n) is 7.50. The molecule has 0 amide bonds. The molecule has 4 nitrogen and oxygen atoms in total. The molecule has 1 heterocycles. The lowest BCUT2D eigenvalue weighted by Gasteiger charge is -2.26. The monoisotopic (exact) mass is 428 g/mol. The molecule has 4 unspecified atom stereocenters. The van der Waals surface area contributed by atoms with Crippen molar-refractivity contribution in [1.29, 1.82) is 5.26 Å². The molecular weight excluding hydrogens is 391 g/mol. The van der Waals surface area contributed by atoms with E-state index in [1.807, 2.05) is 42.2 Å². The average Bonchev–Trinajstić information content (AvgIpc) is 2.68. The Bertz CT molecular complexity index is 521. The van der Waals surface area contributed by atoms with Gasteiger partial charge in [0, 0.05) is 18.2 Å². The summed E-state index contributed by atoms with van der Waals surface area (Å²) in [5.41, 5.74) is 9.85. The summed E-state index contributed by atoms with van der Waals surface area (Å²) in [6.45, 7) is 4.27. The van der Waals surface area contributed by atoms with Crippen molar-refractivity contribution in [2.45, 2.75) is 95.5 Å². The van der Waals surface area contributed by atoms with Gasteiger partial charge in [-0.2, -0.15) is 10.7 Å². The van der Waals surface area contributed by atoms with Crippen LogP contribution in [0.5, 0.6) is 0 Å². The number of alkyl halides is 1. The van der Waals surface area contributed by atoms with Gasteiger partial charge in [-0.25, -0.2) is 0 Å². The Morgan fingerprint density at radius 2 is 1.64 bits per heavy atom. The fraction of sp³-hybridized carbons (Fsp3) is 0.727. The van der Waals surface area contributed by atoms with Crippen LogP contribution in [0.15, 0.2) is 30.6 Å². The molecule has 0 fully saturated rings. The topological polar surface area (TPSA) is 65.7 Å². The Kier molecular flexibility index (Phi) is 16.3. The molecule has 1 rings (SSSR count). The van der Waals surface area contributed by atoms with Crippen LogP contribution in [-0.2, 0) is 0 Å². The van der Waals surface area contributed by atoms with Gasteiger partial charge >= 0.3 is 0 Å². The Labute approximate surface area is 183 Å². The molecule has 0 bridgehead atoms. The summed E-state index contributed by atoms with van der Waals surface area (Å²) in [5.74, 6) is -0.274. The molecular formula is C22H38Cl2N4. The Morgan fingerprint density at radius 1 is 1.04 bits per heavy atom. The van der Waals surface area contributed by atoms with Gasteiger partial charge in [0.1, 0.15) is 0 Å². The molecule has 0 saturated heterocycles. The number of aromatic nitrogens is 1. The van der Waals surface area contributed by atoms with Crippen molar-refractivity contribution in [2.75, 3.05) is 5.43 Å². The zero-order valence-electron chi connectivity index (χ0n) is 17.5. The molecule has 0 spiro atoms. The summed E-state index contributed by atoms with van der Waals surface area (Å²) in [4.78, 5) is 0. The van der Waals surface area contributed by atoms with Gasteiger partial charge in [-0.15, -0.1) is 11.6 Å². The molecule has 160 valence electrons. The Morgan fingerprint density at radius 3 is 2.21 bits per heavy atom. The first-order valence-corrected chi connectivity index (χ1v) is 11.1. The van der Waals surface area contributed by atoms with Crippen LogP contribution in [0.25, 0.3) is 0 Å². The van der Waals surface area contributed by atoms with Gasteiger partial charge in [0.05, 0.1) is 23.4 Å². The highest BCUT2D eigenvalue weighted by Crippen LogP contribution is 2.22. The van der Waals surface area contributed by atoms with Crippen LogP contribution >= 0.6 is 11.6 Å². The number of nitrogens with one attached hydrogen (secondary N) is 1. The fourth-order valence-electron chi connectivity index (χ4n) is 3.44. The number of halogens is 2. The van der Waals surface area contributed by atoms with E-state index >= 15 is 0 Å². The van der Waals surface area contributed by atoms with Crippen molar-refractivity contribution in [1.82, 2.24) is 0 Å². The number of hydrogen-bond donors (Lipinski definition) is 2. The highest BCUT2D eigenvalue weighted by Gasteiger charge is 2.31. The normalized spacial score (nSPS) is 15.0. The van der Waals surface area contributed by atoms with E-state index in [0.29, 0.717) is 0 Å². The molecule has 4 atom stereocenters. The van der Waals surface area contributed by atoms with Crippen LogP contribution in [0.4, 0.5) is 0 Å². The van der Waals surface area contributed by atoms with Gasteiger partial charge in [0.2, 0.25) is 0 Å². The minimum absolute atomic E-state index is 0. The van der Waals surface area contributed by atoms with E-state index in [1.54, 1.807) is 0 Å². The number of nitrogens with two attached hydrogens (primary N) is 1. The minimum atomic E-state index is -0.274. The van der Waals surface area contributed by atoms with Crippen molar-refractivity contribution in [2.24, 2.45) is 11.7 Å². The Hall–Kier alpha value is -1.02. The van der Waals surface area contributed by atoms with Crippen molar-refractivity contribution in [3.63, 3.8) is 0 Å². The zero-order chi connectivity index (χ0) is 19.9. The predicted octanol–water partition coefficient (Wildman–Crippen LogP) is 1.91. The highest BCUT2D eigenvalue weighted by atomic mass is 35.5. The number of nitriles is 1. The molecule has 6 heteroatoms. The zero-order valence-corrected chi connectivity index (χ0v) is 19.0. The van der Waals surface area contributed by atoms with Crippen molar-refractivity contribution >= 4 is 11.6 Å². The third-order valence-corrected chi connectivity index (χ3v) is 5.71. The second-order valence-corrected chi connectivity index (χ2v) is 8.06. The quantitative estimate of drug-likeness (QED) is 0.254. The van der Waals surface area contributed by atoms with Gasteiger partial charge < -0.3 is 18.1 Å². The third kappa shape index (κ3) is 11.1. The maximum atomic E-state index is 9.68. The van der Waals surface area contributed by atoms with Crippen molar-refractivity contribution in [3.05, 3.63) is 30.6 Å². The molecule has 0 aliphatic carbocycles. The molecule has 1 aromatic heterocycles. The molecule has 0 aliphatic rings. The third-order valence-electron chi connectivity index (χ3n) is 5.13. The second kappa shape index (κ2) is 16.9. The smallest absolute Gasteiger partial charge is 0.199 e. The SMILES string of the molecule is CCCCCCCCCC(N)CC(N[n+]1ccccc1)C(C#N)C(Cl)CC.[Cl-]. The first-order chi connectivity index (χ1) is 13.1. The first-order valence-electron chi connectivity index (χ1n) is 10.6. The first kappa shape index (κ1) is 27.0. The number of unbranched alkanes of at least 4 members (excludes halogenated alkanes) is 6. The number of pyridine rings is 1. The molecule has 3 N–H and O–H groups in total. The van der Waals surface area contributed by atoms with Gasteiger partial charge in [0.15, 0.2) is 12.4 Å². The number of hydrogen-bond acceptors (Lipinski definition) is 3. The van der Waals surface area contributed by atoms with E-state index in [-0.39, 0.29) is 35.8 Å². The van der Waals surface area contributed by atoms with Crippen LogP contribution in [0, 0.1) is 17.2 Å². The number of rotatable bonds is 15. The summed E-state index contributed by atoms with van der Waals surface area (Å²) in [6.07, 6.45) is 15.4. The van der Waals surface area contributed by atoms with Crippen molar-refractivity contribution < 1.29 is 17.1 Å². The van der Waals surface area contributed by atoms with Crippen LogP contribution in [-0.4, -0.2) is 17.5 Å². The summed E-state index contributed by atoms with van der Waals surface area (Å²) in [7, 11) is 0. The lowest BCUT2D eigenvalue weighted by atomic mass is 9.90. The summed E-state index contributed by atoms with van der Waals surface area (Å²) in [6, 6.07) is 8.32. The van der Waals surface area contributed by atoms with E-state index in [1.165, 1.54) is 38.5 Å². The van der Waals surface area contributed by atoms with E-state index in [9.17, 15) is 5.26 Å². The maximum Gasteiger partial charge on any atom is 0.199 e. The summed E-state index contributed by atoms with van der Waals surface area (Å²) >= 11 is 6.45. The van der Waals surface area contributed by atoms with Crippen LogP contribution in [0.2, 0.25) is 0 Å². The molecule has 1 aromatic rings. The van der Waals surface area contributed by atoms with E-state index in [2.05, 4.69) is 18.4 Å². The van der Waals surface area contributed by atoms with E-state index in [4.69, 9.17) is 17.3 Å². The lowest BCUT2D eigenvalue weighted by molar-refractivity contribution is -0.654. The van der Waals surface area contributed by atoms with E-state index in [0.717, 1.165) is 25.7 Å². The largest absolute Gasteiger partial charge is 1.00 e. The maximum absolute atomic E-state index is 9.68. The molecule has 0 radical (unpaired) electrons. The summed E-state index contributed by atoms with van der Waals surface area (Å²) in [5, 5.41) is 9.50. The molecule has 0 aliphatic heterocycles. The standard InChI is InChI=1S/C22H38ClN4.ClH/c1-3-5-6-7-8-9-11-14-19(25)17-22(20(18-24)21(23)4-2)26-27-15-12-10-13-16-27;/h10,12-13,15-16,19-22,26H,3-9,11,14,17,25H2,1-2H3;1H/q+1;/p-1. The molecule has 28 heavy (non-hydrogen) atoms. The highest BCUT2D eigenvalue weighted by molar-refractivity contribution is 6.21. The lowest BCUT2D eigenvalue weighted by Crippen LogP contribution is -3.00. The van der Waals surface area contributed by atoms with Gasteiger partial charge in [0.25, 0.3) is 0 Å². The van der Waals surface area contributed by atoms with E-state index < -0.39 is 0 Å². The predicted molar refractivity (Wildman–Crippen MR) is 114 cm³/mol. The number of nitrogens with zero attached hydrogens (tertiary/aromatic N) is 2. The fourth-order valence-corrected chi connectivity index (χ4v) is 3.67. The average molecular weight is 429 g/mol. The minimum Gasteiger partial charge on any atom is -1.00 e. The summed E-state index contributed by atoms with van der Waals surface area (Å²) < 4.78 is 1.90. The van der Waals surface area contributed by atoms with Gasteiger partial charge in [-0.1, -0.05) is 69.5 Å². The van der Waals surface area contributed by atoms with Crippen molar-refractivity contribution in [3.8, 4) is 6.07 Å². The molecule has 0 saturated carbocycles. The van der Waals surface area contributed by atoms with Gasteiger partial charge in [-0.05, 0) is 19.3 Å². The molecule has 0 aromatic carbocycles. The van der Waals surface area contributed by atoms with Crippen LogP contribution < -0.4 is 28.2 Å². The van der Waals surface area contributed by atoms with Crippen LogP contribution in [0.3, 0.4) is 0 Å². The Balaban J connectivity index is 0.00000729. The van der Waals surface area contributed by atoms with Crippen LogP contribution in [0.1, 0.15) is 78.1 Å². The van der Waals surface area contributed by atoms with Gasteiger partial charge in [-0.3, -0.25) is 0 Å².